The largest absolute Gasteiger partial charge is 0.368 e. The van der Waals surface area contributed by atoms with Crippen LogP contribution in [-0.2, 0) is 75.4 Å². The highest BCUT2D eigenvalue weighted by molar-refractivity contribution is 7.87. The van der Waals surface area contributed by atoms with Gasteiger partial charge in [-0.25, -0.2) is 8.42 Å². The summed E-state index contributed by atoms with van der Waals surface area (Å²) in [6.45, 7) is 4.10. The van der Waals surface area contributed by atoms with Crippen molar-refractivity contribution in [3.8, 4) is 22.3 Å². The van der Waals surface area contributed by atoms with Gasteiger partial charge < -0.3 is 52.5 Å². The Hall–Kier alpha value is -13.2. The van der Waals surface area contributed by atoms with Gasteiger partial charge in [0.25, 0.3) is 61.7 Å². The Kier molecular flexibility index (Phi) is 22.0. The predicted octanol–water partition coefficient (Wildman–Crippen LogP) is 9.51. The summed E-state index contributed by atoms with van der Waals surface area (Å²) in [5.41, 5.74) is 6.46. The van der Waals surface area contributed by atoms with Crippen molar-refractivity contribution in [2.75, 3.05) is 43.4 Å². The first-order valence-electron chi connectivity index (χ1n) is 38.4. The number of hydrogen-bond acceptors (Lipinski definition) is 32. The number of hydrogen-bond donors (Lipinski definition) is 14. The minimum absolute atomic E-state index is 0.00751. The van der Waals surface area contributed by atoms with Crippen molar-refractivity contribution < 1.29 is 92.4 Å². The van der Waals surface area contributed by atoms with Gasteiger partial charge in [0.05, 0.1) is 82.1 Å². The molecule has 45 heteroatoms. The molecule has 4 aliphatic rings. The number of aryl methyl sites for hydroxylation is 2. The molecule has 0 radical (unpaired) electrons. The van der Waals surface area contributed by atoms with E-state index in [0.717, 1.165) is 77.6 Å². The summed E-state index contributed by atoms with van der Waals surface area (Å²) in [6, 6.07) is 28.4. The normalized spacial score (nSPS) is 17.6. The number of nitrogens with one attached hydrogen (secondary N) is 6. The van der Waals surface area contributed by atoms with E-state index in [1.54, 1.807) is 6.07 Å². The summed E-state index contributed by atoms with van der Waals surface area (Å²) in [6.07, 6.45) is 5.16. The van der Waals surface area contributed by atoms with E-state index in [9.17, 15) is 102 Å². The lowest BCUT2D eigenvalue weighted by Crippen LogP contribution is -2.37. The van der Waals surface area contributed by atoms with E-state index in [-0.39, 0.29) is 160 Å². The minimum Gasteiger partial charge on any atom is -0.368 e. The Morgan fingerprint density at radius 3 is 1.18 bits per heavy atom. The molecule has 2 fully saturated rings. The van der Waals surface area contributed by atoms with Crippen LogP contribution < -0.4 is 54.5 Å². The number of fused-ring (bicyclic) bond motifs is 4. The van der Waals surface area contributed by atoms with E-state index in [4.69, 9.17) is 11.5 Å². The number of carbonyl (C=O) groups excluding carboxylic acids is 4. The van der Waals surface area contributed by atoms with Crippen molar-refractivity contribution >= 4 is 176 Å². The number of aromatic nitrogens is 8. The molecule has 12 aromatic rings. The van der Waals surface area contributed by atoms with Crippen molar-refractivity contribution in [1.82, 2.24) is 39.0 Å². The standard InChI is InChI=1S/C81H72N16O23S6/c1-36-27-38(19-21-48(36)86-78-90-76(82)92-80(94-78)88-52-32-53(59(124(112,113)114)34-58(52)121(104)105)84-50-23-25-56-66-62(44-15-5-7-17-46(44)72(100)64(50)66)68(74(102)96(56)3)70(98)40-11-9-13-42(30-40)122(106,107)108)29-39-20-22-49(37(2)28-39)87-79-91-77(83)93-81(95-79)89-55-33-54(60(125(115,116)117)35-61(55)126(118,119)120)85-51-24-26-57-67-63(45-16-6-8-18-47(45)73(101)65(51)67)69(75(103)97(57)4)71(99)41-12-10-14-43(31-41)123(109,110)111/h5-18,23-26,30-39,48-49,84-85,121H,19-22,27-29H2,1-4H3,(H,106,107,108)(H,109,110,111)(H,112,113,114)(H,115,116,117)(H,118,119,120)(H4,82,86,88,90,92,94)(H4,83,87,89,91,93,95). The van der Waals surface area contributed by atoms with Crippen LogP contribution in [0.15, 0.2) is 185 Å². The van der Waals surface area contributed by atoms with E-state index < -0.39 is 159 Å². The molecule has 0 amide bonds. The molecule has 4 aliphatic carbocycles. The van der Waals surface area contributed by atoms with Gasteiger partial charge in [0.15, 0.2) is 33.8 Å². The molecule has 6 atom stereocenters. The zero-order valence-electron chi connectivity index (χ0n) is 66.1. The van der Waals surface area contributed by atoms with E-state index in [1.165, 1.54) is 105 Å². The van der Waals surface area contributed by atoms with Gasteiger partial charge in [-0.1, -0.05) is 86.6 Å². The van der Waals surface area contributed by atoms with Crippen molar-refractivity contribution in [3.63, 3.8) is 0 Å². The maximum absolute atomic E-state index is 14.9. The quantitative estimate of drug-likeness (QED) is 0.0152. The number of thiol groups is 1. The number of carbonyl (C=O) groups is 4. The summed E-state index contributed by atoms with van der Waals surface area (Å²) >= 11 is 0. The third kappa shape index (κ3) is 16.2. The molecular weight excluding hydrogens is 1760 g/mol. The van der Waals surface area contributed by atoms with Crippen LogP contribution >= 0.6 is 0 Å². The maximum atomic E-state index is 14.9. The number of nitrogens with zero attached hydrogens (tertiary/aromatic N) is 8. The van der Waals surface area contributed by atoms with Crippen molar-refractivity contribution in [2.24, 2.45) is 37.8 Å². The highest BCUT2D eigenvalue weighted by Gasteiger charge is 2.40. The molecule has 4 heterocycles. The zero-order chi connectivity index (χ0) is 90.2. The average Bonchev–Trinajstić information content (AvgIpc) is 0.708. The predicted molar refractivity (Wildman–Crippen MR) is 460 cm³/mol. The molecule has 39 nitrogen and oxygen atoms in total. The number of nitrogens with two attached hydrogens (primary N) is 2. The number of anilines is 12. The Labute approximate surface area is 717 Å². The minimum atomic E-state index is -5.46. The summed E-state index contributed by atoms with van der Waals surface area (Å²) in [5.74, 6) is -4.37. The highest BCUT2D eigenvalue weighted by atomic mass is 32.2. The van der Waals surface area contributed by atoms with Gasteiger partial charge in [-0.15, -0.1) is 0 Å². The number of benzene rings is 8. The van der Waals surface area contributed by atoms with Crippen LogP contribution in [0, 0.1) is 23.7 Å². The first kappa shape index (κ1) is 86.3. The van der Waals surface area contributed by atoms with Crippen LogP contribution in [-0.4, -0.2) is 148 Å². The monoisotopic (exact) mass is 1830 g/mol. The van der Waals surface area contributed by atoms with Gasteiger partial charge in [-0.3, -0.25) is 51.5 Å². The summed E-state index contributed by atoms with van der Waals surface area (Å²) in [4.78, 5) is 109. The molecule has 6 unspecified atom stereocenters. The molecule has 4 aromatic heterocycles. The van der Waals surface area contributed by atoms with E-state index >= 15 is 0 Å². The maximum Gasteiger partial charge on any atom is 0.296 e. The third-order valence-electron chi connectivity index (χ3n) is 23.1. The second kappa shape index (κ2) is 32.1. The second-order valence-electron chi connectivity index (χ2n) is 31.0. The van der Waals surface area contributed by atoms with Crippen LogP contribution in [0.4, 0.5) is 69.8 Å². The third-order valence-corrected chi connectivity index (χ3v) is 28.2. The number of rotatable bonds is 24. The van der Waals surface area contributed by atoms with Gasteiger partial charge in [0.1, 0.15) is 14.7 Å². The van der Waals surface area contributed by atoms with Gasteiger partial charge in [-0.2, -0.15) is 72.0 Å². The molecule has 15 N–H and O–H groups in total. The first-order chi connectivity index (χ1) is 59.4. The molecule has 8 aromatic carbocycles. The number of ketones is 4. The van der Waals surface area contributed by atoms with Crippen LogP contribution in [0.5, 0.6) is 0 Å². The number of pyridine rings is 2. The van der Waals surface area contributed by atoms with E-state index in [2.05, 4.69) is 68.7 Å². The Morgan fingerprint density at radius 1 is 0.421 bits per heavy atom. The Morgan fingerprint density at radius 2 is 0.794 bits per heavy atom. The summed E-state index contributed by atoms with van der Waals surface area (Å²) < 4.78 is 209. The van der Waals surface area contributed by atoms with Crippen molar-refractivity contribution in [1.29, 1.82) is 0 Å². The molecule has 16 rings (SSSR count). The molecule has 2 saturated carbocycles. The van der Waals surface area contributed by atoms with Gasteiger partial charge in [-0.05, 0) is 153 Å². The molecule has 650 valence electrons. The lowest BCUT2D eigenvalue weighted by atomic mass is 9.70. The van der Waals surface area contributed by atoms with Gasteiger partial charge >= 0.3 is 0 Å². The second-order valence-corrected chi connectivity index (χ2v) is 39.0. The Bertz CT molecular complexity index is 7660. The molecule has 0 spiro atoms. The van der Waals surface area contributed by atoms with Crippen molar-refractivity contribution in [2.45, 2.75) is 100 Å². The fourth-order valence-electron chi connectivity index (χ4n) is 17.4. The Balaban J connectivity index is 0.606. The topological polar surface area (TPSA) is 620 Å². The fourth-order valence-corrected chi connectivity index (χ4v) is 21.1. The van der Waals surface area contributed by atoms with Gasteiger partial charge in [0.2, 0.25) is 35.7 Å². The van der Waals surface area contributed by atoms with Gasteiger partial charge in [0, 0.05) is 70.3 Å². The summed E-state index contributed by atoms with van der Waals surface area (Å²) in [7, 11) is -27.0. The zero-order valence-corrected chi connectivity index (χ0v) is 71.1. The average molecular weight is 1830 g/mol. The molecular formula is C81H72N16O23S6. The lowest BCUT2D eigenvalue weighted by molar-refractivity contribution is 0.102. The highest BCUT2D eigenvalue weighted by Crippen LogP contribution is 2.49. The van der Waals surface area contributed by atoms with Crippen LogP contribution in [0.1, 0.15) is 122 Å². The SMILES string of the molecule is CC1CC(CC2CCC(Nc3nc(N)nc(Nc4cc(Nc5ccc6c7c5C(=O)c5ccccc5-c7c(C(=O)c5cccc(S(=O)(=O)O)c5)c(=O)n6C)c(S(=O)(=O)O)cc4S(=O)(=O)O)n3)C(C)C2)CCC1Nc1nc(N)nc(Nc2cc(Nc3ccc4c5c3C(=O)c3ccccc3-c5c(C(=O)c3cccc(S(=O)(=O)O)c3)c(=O)n4C)c(S(=O)(=O)O)cc2[SH](=O)=O)n1. The fraction of sp³-hybridized carbons (Fsp3) is 0.210. The van der Waals surface area contributed by atoms with Crippen LogP contribution in [0.3, 0.4) is 0 Å². The molecule has 0 saturated heterocycles. The molecule has 0 aliphatic heterocycles. The first-order valence-corrected chi connectivity index (χ1v) is 46.8. The van der Waals surface area contributed by atoms with E-state index in [0.29, 0.717) is 25.0 Å². The number of nitrogen functional groups attached to an aromatic ring is 2. The van der Waals surface area contributed by atoms with Crippen molar-refractivity contribution in [3.05, 3.63) is 211 Å². The lowest BCUT2D eigenvalue weighted by Gasteiger charge is -2.39. The van der Waals surface area contributed by atoms with E-state index in [1.807, 2.05) is 6.92 Å². The summed E-state index contributed by atoms with van der Waals surface area (Å²) in [5, 5.41) is 17.8. The smallest absolute Gasteiger partial charge is 0.296 e. The molecule has 0 bridgehead atoms. The van der Waals surface area contributed by atoms with Crippen LogP contribution in [0.2, 0.25) is 0 Å². The van der Waals surface area contributed by atoms with Crippen LogP contribution in [0.25, 0.3) is 44.1 Å². The molecule has 126 heavy (non-hydrogen) atoms.